The second-order valence-electron chi connectivity index (χ2n) is 8.81. The average molecular weight is 633 g/mol. The van der Waals surface area contributed by atoms with Gasteiger partial charge in [0.15, 0.2) is 17.9 Å². The van der Waals surface area contributed by atoms with E-state index in [4.69, 9.17) is 18.9 Å². The summed E-state index contributed by atoms with van der Waals surface area (Å²) in [6.45, 7) is 1.22. The van der Waals surface area contributed by atoms with Crippen LogP contribution < -0.4 is 0 Å². The summed E-state index contributed by atoms with van der Waals surface area (Å²) in [6, 6.07) is 17.0. The van der Waals surface area contributed by atoms with Gasteiger partial charge in [0.25, 0.3) is 0 Å². The first-order valence-corrected chi connectivity index (χ1v) is 13.3. The number of carbonyl (C=O) groups excluding carboxylic acids is 5. The van der Waals surface area contributed by atoms with Gasteiger partial charge in [0.1, 0.15) is 11.4 Å². The number of hydrogen-bond acceptors (Lipinski definition) is 10. The lowest BCUT2D eigenvalue weighted by molar-refractivity contribution is -0.166. The van der Waals surface area contributed by atoms with Crippen LogP contribution in [0.4, 0.5) is 9.59 Å². The van der Waals surface area contributed by atoms with Gasteiger partial charge in [-0.2, -0.15) is 4.99 Å². The molecule has 0 aliphatic carbocycles. The van der Waals surface area contributed by atoms with Gasteiger partial charge in [0, 0.05) is 13.5 Å². The molecular weight excluding hydrogens is 604 g/mol. The first-order valence-electron chi connectivity index (χ1n) is 12.4. The van der Waals surface area contributed by atoms with Crippen LogP contribution in [-0.2, 0) is 51.1 Å². The lowest BCUT2D eigenvalue weighted by Crippen LogP contribution is -2.49. The Morgan fingerprint density at radius 3 is 2.10 bits per heavy atom. The molecule has 4 atom stereocenters. The molecule has 13 heteroatoms. The number of ether oxygens (including phenoxy) is 5. The highest BCUT2D eigenvalue weighted by Crippen LogP contribution is 2.32. The predicted molar refractivity (Wildman–Crippen MR) is 147 cm³/mol. The molecule has 1 aliphatic heterocycles. The SMILES string of the molecule is COC(=O)/N=C(\C(=O)OC)C(Br)[C@@H](OC(C)=O)[C@H](OC(=O)Cc1ccccc1)[C@@H]1CN1C(=O)OCc1ccccc1. The zero-order chi connectivity index (χ0) is 29.9. The van der Waals surface area contributed by atoms with E-state index in [1.807, 2.05) is 6.07 Å². The summed E-state index contributed by atoms with van der Waals surface area (Å²) in [6.07, 6.45) is -4.65. The van der Waals surface area contributed by atoms with Crippen molar-refractivity contribution in [3.63, 3.8) is 0 Å². The zero-order valence-electron chi connectivity index (χ0n) is 22.6. The van der Waals surface area contributed by atoms with Gasteiger partial charge in [0.2, 0.25) is 0 Å². The molecule has 1 heterocycles. The second-order valence-corrected chi connectivity index (χ2v) is 9.80. The number of esters is 3. The fourth-order valence-corrected chi connectivity index (χ4v) is 4.58. The molecule has 0 bridgehead atoms. The summed E-state index contributed by atoms with van der Waals surface area (Å²) in [5.74, 6) is -2.50. The zero-order valence-corrected chi connectivity index (χ0v) is 24.1. The van der Waals surface area contributed by atoms with E-state index in [1.54, 1.807) is 54.6 Å². The lowest BCUT2D eigenvalue weighted by Gasteiger charge is -2.30. The van der Waals surface area contributed by atoms with Crippen molar-refractivity contribution in [1.82, 2.24) is 4.90 Å². The van der Waals surface area contributed by atoms with Crippen LogP contribution >= 0.6 is 15.9 Å². The number of amides is 2. The van der Waals surface area contributed by atoms with E-state index in [0.717, 1.165) is 26.7 Å². The Hall–Kier alpha value is -4.26. The minimum Gasteiger partial charge on any atom is -0.464 e. The Labute approximate surface area is 244 Å². The average Bonchev–Trinajstić information content (AvgIpc) is 3.77. The minimum absolute atomic E-state index is 0.00801. The molecule has 0 radical (unpaired) electrons. The van der Waals surface area contributed by atoms with E-state index < -0.39 is 58.9 Å². The highest BCUT2D eigenvalue weighted by Gasteiger charge is 2.54. The van der Waals surface area contributed by atoms with Gasteiger partial charge >= 0.3 is 30.1 Å². The Balaban J connectivity index is 1.90. The minimum atomic E-state index is -1.42. The van der Waals surface area contributed by atoms with Crippen LogP contribution in [0, 0.1) is 0 Å². The first kappa shape index (κ1) is 31.3. The summed E-state index contributed by atoms with van der Waals surface area (Å²) in [5.41, 5.74) is 0.923. The molecule has 218 valence electrons. The molecule has 1 unspecified atom stereocenters. The molecule has 0 N–H and O–H groups in total. The van der Waals surface area contributed by atoms with Gasteiger partial charge in [-0.1, -0.05) is 76.6 Å². The van der Waals surface area contributed by atoms with E-state index in [1.165, 1.54) is 4.90 Å². The van der Waals surface area contributed by atoms with Gasteiger partial charge in [-0.3, -0.25) is 14.5 Å². The number of benzene rings is 2. The third-order valence-electron chi connectivity index (χ3n) is 5.88. The van der Waals surface area contributed by atoms with Crippen LogP contribution in [0.1, 0.15) is 18.1 Å². The smallest absolute Gasteiger partial charge is 0.433 e. The van der Waals surface area contributed by atoms with Crippen LogP contribution in [0.5, 0.6) is 0 Å². The van der Waals surface area contributed by atoms with Crippen molar-refractivity contribution in [2.24, 2.45) is 4.99 Å². The predicted octanol–water partition coefficient (Wildman–Crippen LogP) is 3.24. The van der Waals surface area contributed by atoms with E-state index in [9.17, 15) is 24.0 Å². The molecular formula is C28H29BrN2O10. The number of rotatable bonds is 11. The summed E-state index contributed by atoms with van der Waals surface area (Å²) >= 11 is 3.27. The van der Waals surface area contributed by atoms with Crippen molar-refractivity contribution in [1.29, 1.82) is 0 Å². The van der Waals surface area contributed by atoms with Crippen molar-refractivity contribution in [3.05, 3.63) is 71.8 Å². The Morgan fingerprint density at radius 1 is 0.927 bits per heavy atom. The van der Waals surface area contributed by atoms with Gasteiger partial charge in [0.05, 0.1) is 26.7 Å². The van der Waals surface area contributed by atoms with Gasteiger partial charge in [-0.05, 0) is 11.1 Å². The number of carbonyl (C=O) groups is 5. The summed E-state index contributed by atoms with van der Waals surface area (Å²) in [4.78, 5) is 66.1. The topological polar surface area (TPSA) is 147 Å². The molecule has 2 aromatic carbocycles. The summed E-state index contributed by atoms with van der Waals surface area (Å²) in [5, 5.41) is 0. The Bertz CT molecular complexity index is 1270. The number of hydrogen-bond donors (Lipinski definition) is 0. The number of methoxy groups -OCH3 is 2. The summed E-state index contributed by atoms with van der Waals surface area (Å²) in [7, 11) is 2.13. The fourth-order valence-electron chi connectivity index (χ4n) is 3.88. The van der Waals surface area contributed by atoms with E-state index in [0.29, 0.717) is 5.56 Å². The molecule has 1 aliphatic rings. The van der Waals surface area contributed by atoms with Crippen molar-refractivity contribution in [2.45, 2.75) is 43.0 Å². The Morgan fingerprint density at radius 2 is 1.54 bits per heavy atom. The molecule has 0 saturated carbocycles. The van der Waals surface area contributed by atoms with Gasteiger partial charge < -0.3 is 23.7 Å². The number of halogens is 1. The molecule has 41 heavy (non-hydrogen) atoms. The molecule has 2 amide bonds. The molecule has 2 aromatic rings. The van der Waals surface area contributed by atoms with Crippen LogP contribution in [0.15, 0.2) is 65.7 Å². The van der Waals surface area contributed by atoms with Crippen molar-refractivity contribution < 1.29 is 47.7 Å². The third kappa shape index (κ3) is 9.13. The monoisotopic (exact) mass is 632 g/mol. The van der Waals surface area contributed by atoms with E-state index in [-0.39, 0.29) is 19.6 Å². The van der Waals surface area contributed by atoms with Crippen molar-refractivity contribution in [2.75, 3.05) is 20.8 Å². The molecule has 0 spiro atoms. The van der Waals surface area contributed by atoms with E-state index in [2.05, 4.69) is 25.7 Å². The lowest BCUT2D eigenvalue weighted by atomic mass is 10.0. The number of alkyl halides is 1. The molecule has 0 aromatic heterocycles. The quantitative estimate of drug-likeness (QED) is 0.119. The van der Waals surface area contributed by atoms with Gasteiger partial charge in [-0.25, -0.2) is 14.4 Å². The highest BCUT2D eigenvalue weighted by atomic mass is 79.9. The van der Waals surface area contributed by atoms with Crippen LogP contribution in [0.3, 0.4) is 0 Å². The largest absolute Gasteiger partial charge is 0.464 e. The first-order chi connectivity index (χ1) is 19.6. The molecule has 3 rings (SSSR count). The number of aliphatic imine (C=N–C) groups is 1. The van der Waals surface area contributed by atoms with Crippen molar-refractivity contribution in [3.8, 4) is 0 Å². The van der Waals surface area contributed by atoms with Crippen LogP contribution in [0.25, 0.3) is 0 Å². The summed E-state index contributed by atoms with van der Waals surface area (Å²) < 4.78 is 25.9. The maximum atomic E-state index is 13.0. The van der Waals surface area contributed by atoms with Crippen LogP contribution in [-0.4, -0.2) is 84.5 Å². The Kier molecular flexibility index (Phi) is 11.4. The number of nitrogens with zero attached hydrogens (tertiary/aromatic N) is 2. The van der Waals surface area contributed by atoms with Crippen LogP contribution in [0.2, 0.25) is 0 Å². The third-order valence-corrected chi connectivity index (χ3v) is 6.84. The van der Waals surface area contributed by atoms with Gasteiger partial charge in [-0.15, -0.1) is 0 Å². The fraction of sp³-hybridized carbons (Fsp3) is 0.357. The van der Waals surface area contributed by atoms with Crippen molar-refractivity contribution >= 4 is 51.7 Å². The maximum absolute atomic E-state index is 13.0. The molecule has 1 fully saturated rings. The second kappa shape index (κ2) is 14.9. The highest BCUT2D eigenvalue weighted by molar-refractivity contribution is 9.10. The molecule has 1 saturated heterocycles. The standard InChI is InChI=1S/C28H29BrN2O10/c1-17(32)40-25(22(29)23(26(34)37-2)30-27(35)38-3)24(41-21(33)14-18-10-6-4-7-11-18)20-15-31(20)28(36)39-16-19-12-8-5-9-13-19/h4-13,20,22,24-25H,14-16H2,1-3H3/b30-23-/t20-,22?,24+,25+,31?/m0/s1. The maximum Gasteiger partial charge on any atom is 0.433 e. The van der Waals surface area contributed by atoms with E-state index >= 15 is 0 Å². The normalized spacial score (nSPS) is 16.4. The molecule has 12 nitrogen and oxygen atoms in total.